The molecular formula is C13H15BrN2O3. The maximum atomic E-state index is 12.4. The van der Waals surface area contributed by atoms with E-state index in [4.69, 9.17) is 0 Å². The molecule has 5 nitrogen and oxygen atoms in total. The summed E-state index contributed by atoms with van der Waals surface area (Å²) in [6.45, 7) is 2.36. The average Bonchev–Trinajstić information content (AvgIpc) is 2.38. The first-order valence-corrected chi connectivity index (χ1v) is 6.95. The van der Waals surface area contributed by atoms with Crippen molar-refractivity contribution in [1.82, 2.24) is 9.88 Å². The molecule has 1 aliphatic rings. The van der Waals surface area contributed by atoms with Gasteiger partial charge in [0.15, 0.2) is 0 Å². The first-order valence-electron chi connectivity index (χ1n) is 6.16. The Labute approximate surface area is 119 Å². The summed E-state index contributed by atoms with van der Waals surface area (Å²) >= 11 is 3.21. The zero-order chi connectivity index (χ0) is 14.0. The number of piperidine rings is 1. The van der Waals surface area contributed by atoms with E-state index in [1.165, 1.54) is 11.1 Å². The number of carboxylic acid groups (broad SMARTS) is 1. The van der Waals surface area contributed by atoms with Crippen LogP contribution < -0.4 is 0 Å². The Balaban J connectivity index is 2.25. The van der Waals surface area contributed by atoms with E-state index in [2.05, 4.69) is 20.9 Å². The van der Waals surface area contributed by atoms with Gasteiger partial charge in [0, 0.05) is 12.7 Å². The van der Waals surface area contributed by atoms with E-state index in [-0.39, 0.29) is 11.8 Å². The number of carbonyl (C=O) groups is 2. The van der Waals surface area contributed by atoms with Gasteiger partial charge in [-0.3, -0.25) is 4.79 Å². The summed E-state index contributed by atoms with van der Waals surface area (Å²) in [6, 6.07) is 2.58. The number of halogens is 1. The number of likely N-dealkylation sites (tertiary alicyclic amines) is 1. The minimum Gasteiger partial charge on any atom is -0.480 e. The van der Waals surface area contributed by atoms with Crippen molar-refractivity contribution in [2.24, 2.45) is 5.92 Å². The molecule has 2 atom stereocenters. The van der Waals surface area contributed by atoms with Gasteiger partial charge in [-0.25, -0.2) is 9.78 Å². The number of amides is 1. The molecule has 1 saturated heterocycles. The van der Waals surface area contributed by atoms with Crippen molar-refractivity contribution in [2.75, 3.05) is 6.54 Å². The smallest absolute Gasteiger partial charge is 0.326 e. The lowest BCUT2D eigenvalue weighted by Crippen LogP contribution is -2.51. The Kier molecular flexibility index (Phi) is 4.19. The zero-order valence-corrected chi connectivity index (χ0v) is 12.1. The molecule has 1 aliphatic heterocycles. The third-order valence-electron chi connectivity index (χ3n) is 3.42. The normalized spacial score (nSPS) is 23.2. The van der Waals surface area contributed by atoms with Crippen molar-refractivity contribution in [3.05, 3.63) is 28.5 Å². The second kappa shape index (κ2) is 5.69. The number of nitrogens with zero attached hydrogens (tertiary/aromatic N) is 2. The topological polar surface area (TPSA) is 70.5 Å². The SMILES string of the molecule is CC1CCCN(C(=O)c2ccc(Br)nc2)C1C(=O)O. The highest BCUT2D eigenvalue weighted by atomic mass is 79.9. The van der Waals surface area contributed by atoms with E-state index < -0.39 is 12.0 Å². The molecule has 1 aromatic rings. The van der Waals surface area contributed by atoms with Crippen LogP contribution >= 0.6 is 15.9 Å². The van der Waals surface area contributed by atoms with E-state index >= 15 is 0 Å². The Morgan fingerprint density at radius 3 is 2.79 bits per heavy atom. The molecule has 6 heteroatoms. The first kappa shape index (κ1) is 14.0. The standard InChI is InChI=1S/C13H15BrN2O3/c1-8-3-2-6-16(11(8)13(18)19)12(17)9-4-5-10(14)15-7-9/h4-5,7-8,11H,2-3,6H2,1H3,(H,18,19). The number of carbonyl (C=O) groups excluding carboxylic acids is 1. The first-order chi connectivity index (χ1) is 9.00. The van der Waals surface area contributed by atoms with Crippen molar-refractivity contribution >= 4 is 27.8 Å². The number of carboxylic acids is 1. The summed E-state index contributed by atoms with van der Waals surface area (Å²) in [5.74, 6) is -1.23. The van der Waals surface area contributed by atoms with Crippen LogP contribution in [0, 0.1) is 5.92 Å². The molecule has 0 radical (unpaired) electrons. The fraction of sp³-hybridized carbons (Fsp3) is 0.462. The summed E-state index contributed by atoms with van der Waals surface area (Å²) in [6.07, 6.45) is 3.13. The number of aromatic nitrogens is 1. The van der Waals surface area contributed by atoms with Crippen molar-refractivity contribution in [1.29, 1.82) is 0 Å². The Morgan fingerprint density at radius 2 is 2.21 bits per heavy atom. The van der Waals surface area contributed by atoms with Crippen LogP contribution in [0.5, 0.6) is 0 Å². The largest absolute Gasteiger partial charge is 0.480 e. The minimum atomic E-state index is -0.939. The summed E-state index contributed by atoms with van der Waals surface area (Å²) in [7, 11) is 0. The number of aliphatic carboxylic acids is 1. The summed E-state index contributed by atoms with van der Waals surface area (Å²) in [5.41, 5.74) is 0.420. The highest BCUT2D eigenvalue weighted by Gasteiger charge is 2.37. The third kappa shape index (κ3) is 2.94. The molecule has 1 N–H and O–H groups in total. The number of hydrogen-bond acceptors (Lipinski definition) is 3. The Morgan fingerprint density at radius 1 is 1.47 bits per heavy atom. The van der Waals surface area contributed by atoms with Crippen molar-refractivity contribution in [2.45, 2.75) is 25.8 Å². The van der Waals surface area contributed by atoms with Crippen LogP contribution in [0.1, 0.15) is 30.1 Å². The van der Waals surface area contributed by atoms with Crippen LogP contribution in [0.25, 0.3) is 0 Å². The van der Waals surface area contributed by atoms with E-state index in [0.717, 1.165) is 12.8 Å². The van der Waals surface area contributed by atoms with E-state index in [1.807, 2.05) is 6.92 Å². The van der Waals surface area contributed by atoms with Gasteiger partial charge in [0.2, 0.25) is 0 Å². The minimum absolute atomic E-state index is 0.0291. The lowest BCUT2D eigenvalue weighted by atomic mass is 9.90. The van der Waals surface area contributed by atoms with Crippen LogP contribution in [0.4, 0.5) is 0 Å². The van der Waals surface area contributed by atoms with Gasteiger partial charge in [-0.05, 0) is 46.8 Å². The molecule has 19 heavy (non-hydrogen) atoms. The molecule has 0 spiro atoms. The van der Waals surface area contributed by atoms with Gasteiger partial charge in [0.05, 0.1) is 5.56 Å². The number of pyridine rings is 1. The lowest BCUT2D eigenvalue weighted by molar-refractivity contribution is -0.145. The Bertz CT molecular complexity index is 489. The van der Waals surface area contributed by atoms with Crippen LogP contribution in [-0.4, -0.2) is 39.5 Å². The highest BCUT2D eigenvalue weighted by molar-refractivity contribution is 9.10. The van der Waals surface area contributed by atoms with Gasteiger partial charge in [0.25, 0.3) is 5.91 Å². The molecule has 2 unspecified atom stereocenters. The summed E-state index contributed by atoms with van der Waals surface area (Å²) in [5, 5.41) is 9.30. The second-order valence-electron chi connectivity index (χ2n) is 4.77. The van der Waals surface area contributed by atoms with Gasteiger partial charge in [-0.2, -0.15) is 0 Å². The van der Waals surface area contributed by atoms with Gasteiger partial charge in [-0.1, -0.05) is 6.92 Å². The molecular weight excluding hydrogens is 312 g/mol. The average molecular weight is 327 g/mol. The summed E-state index contributed by atoms with van der Waals surface area (Å²) in [4.78, 5) is 29.2. The predicted octanol–water partition coefficient (Wildman–Crippen LogP) is 2.17. The predicted molar refractivity (Wildman–Crippen MR) is 72.8 cm³/mol. The molecule has 1 amide bonds. The van der Waals surface area contributed by atoms with E-state index in [9.17, 15) is 14.7 Å². The summed E-state index contributed by atoms with van der Waals surface area (Å²) < 4.78 is 0.644. The molecule has 2 rings (SSSR count). The van der Waals surface area contributed by atoms with Gasteiger partial charge >= 0.3 is 5.97 Å². The molecule has 0 saturated carbocycles. The monoisotopic (exact) mass is 326 g/mol. The Hall–Kier alpha value is -1.43. The van der Waals surface area contributed by atoms with Gasteiger partial charge in [0.1, 0.15) is 10.6 Å². The second-order valence-corrected chi connectivity index (χ2v) is 5.58. The van der Waals surface area contributed by atoms with Crippen LogP contribution in [0.2, 0.25) is 0 Å². The lowest BCUT2D eigenvalue weighted by Gasteiger charge is -2.37. The number of rotatable bonds is 2. The fourth-order valence-electron chi connectivity index (χ4n) is 2.46. The van der Waals surface area contributed by atoms with Crippen molar-refractivity contribution in [3.63, 3.8) is 0 Å². The molecule has 0 aromatic carbocycles. The van der Waals surface area contributed by atoms with Gasteiger partial charge < -0.3 is 10.0 Å². The molecule has 2 heterocycles. The van der Waals surface area contributed by atoms with E-state index in [1.54, 1.807) is 12.1 Å². The van der Waals surface area contributed by atoms with E-state index in [0.29, 0.717) is 16.7 Å². The molecule has 0 aliphatic carbocycles. The molecule has 102 valence electrons. The fourth-order valence-corrected chi connectivity index (χ4v) is 2.70. The quantitative estimate of drug-likeness (QED) is 0.845. The highest BCUT2D eigenvalue weighted by Crippen LogP contribution is 2.25. The molecule has 1 aromatic heterocycles. The third-order valence-corrected chi connectivity index (χ3v) is 3.89. The van der Waals surface area contributed by atoms with Crippen LogP contribution in [0.3, 0.4) is 0 Å². The maximum absolute atomic E-state index is 12.4. The van der Waals surface area contributed by atoms with Crippen LogP contribution in [-0.2, 0) is 4.79 Å². The van der Waals surface area contributed by atoms with Crippen molar-refractivity contribution < 1.29 is 14.7 Å². The maximum Gasteiger partial charge on any atom is 0.326 e. The van der Waals surface area contributed by atoms with Gasteiger partial charge in [-0.15, -0.1) is 0 Å². The van der Waals surface area contributed by atoms with Crippen LogP contribution in [0.15, 0.2) is 22.9 Å². The zero-order valence-electron chi connectivity index (χ0n) is 10.5. The molecule has 1 fully saturated rings. The number of hydrogen-bond donors (Lipinski definition) is 1. The molecule has 0 bridgehead atoms. The van der Waals surface area contributed by atoms with Crippen molar-refractivity contribution in [3.8, 4) is 0 Å².